The quantitative estimate of drug-likeness (QED) is 0.468. The molecule has 0 radical (unpaired) electrons. The largest absolute Gasteiger partial charge is 0.365 e. The summed E-state index contributed by atoms with van der Waals surface area (Å²) in [5.41, 5.74) is 9.21. The van der Waals surface area contributed by atoms with E-state index in [-0.39, 0.29) is 5.43 Å². The Bertz CT molecular complexity index is 1370. The van der Waals surface area contributed by atoms with Crippen molar-refractivity contribution in [1.29, 1.82) is 0 Å². The lowest BCUT2D eigenvalue weighted by atomic mass is 10.0. The summed E-state index contributed by atoms with van der Waals surface area (Å²) in [6.07, 6.45) is 7.60. The molecule has 2 N–H and O–H groups in total. The third-order valence-corrected chi connectivity index (χ3v) is 5.13. The molecule has 1 aromatic carbocycles. The molecule has 1 amide bonds. The summed E-state index contributed by atoms with van der Waals surface area (Å²) >= 11 is 0. The Morgan fingerprint density at radius 2 is 1.97 bits per heavy atom. The van der Waals surface area contributed by atoms with E-state index in [2.05, 4.69) is 34.0 Å². The van der Waals surface area contributed by atoms with Gasteiger partial charge in [-0.05, 0) is 24.0 Å². The van der Waals surface area contributed by atoms with Crippen LogP contribution in [0.2, 0.25) is 0 Å². The van der Waals surface area contributed by atoms with Gasteiger partial charge in [0, 0.05) is 37.5 Å². The zero-order chi connectivity index (χ0) is 23.5. The lowest BCUT2D eigenvalue weighted by molar-refractivity contribution is 0.0998. The molecule has 0 aliphatic rings. The van der Waals surface area contributed by atoms with Crippen LogP contribution in [0, 0.1) is 5.92 Å². The van der Waals surface area contributed by atoms with E-state index >= 15 is 0 Å². The molecule has 0 atom stereocenters. The Kier molecular flexibility index (Phi) is 6.12. The Labute approximate surface area is 190 Å². The van der Waals surface area contributed by atoms with Gasteiger partial charge in [-0.1, -0.05) is 32.0 Å². The highest BCUT2D eigenvalue weighted by Gasteiger charge is 2.15. The lowest BCUT2D eigenvalue weighted by Gasteiger charge is -2.11. The van der Waals surface area contributed by atoms with Gasteiger partial charge in [0.15, 0.2) is 5.82 Å². The Hall–Kier alpha value is -4.14. The summed E-state index contributed by atoms with van der Waals surface area (Å²) in [5.74, 6) is 0.278. The highest BCUT2D eigenvalue weighted by molar-refractivity contribution is 5.93. The van der Waals surface area contributed by atoms with Crippen molar-refractivity contribution in [3.05, 3.63) is 87.9 Å². The van der Waals surface area contributed by atoms with Gasteiger partial charge in [0.2, 0.25) is 5.43 Å². The number of primary amides is 1. The zero-order valence-corrected chi connectivity index (χ0v) is 18.8. The maximum Gasteiger partial charge on any atom is 0.252 e. The minimum absolute atomic E-state index is 0.137. The van der Waals surface area contributed by atoms with E-state index in [0.717, 1.165) is 16.8 Å². The van der Waals surface area contributed by atoms with Crippen LogP contribution in [0.4, 0.5) is 0 Å². The highest BCUT2D eigenvalue weighted by atomic mass is 16.1. The molecule has 0 fully saturated rings. The fourth-order valence-corrected chi connectivity index (χ4v) is 3.56. The van der Waals surface area contributed by atoms with E-state index in [4.69, 9.17) is 5.73 Å². The van der Waals surface area contributed by atoms with Crippen molar-refractivity contribution in [2.45, 2.75) is 26.7 Å². The number of hydrogen-bond donors (Lipinski definition) is 1. The predicted molar refractivity (Wildman–Crippen MR) is 124 cm³/mol. The first-order valence-corrected chi connectivity index (χ1v) is 10.6. The smallest absolute Gasteiger partial charge is 0.252 e. The molecule has 0 unspecified atom stereocenters. The summed E-state index contributed by atoms with van der Waals surface area (Å²) in [4.78, 5) is 33.2. The van der Waals surface area contributed by atoms with Gasteiger partial charge in [-0.2, -0.15) is 10.2 Å². The molecule has 0 saturated heterocycles. The number of amides is 1. The van der Waals surface area contributed by atoms with Crippen LogP contribution in [0.5, 0.6) is 0 Å². The number of rotatable bonds is 7. The SMILES string of the molecule is CC(C)Cc1nc(-c2cccc(Cc3nn(-c4cnn(C)c4)ccc3=O)c2)ncc1C(N)=O. The molecule has 9 heteroatoms. The molecule has 4 aromatic rings. The molecule has 3 aromatic heterocycles. The zero-order valence-electron chi connectivity index (χ0n) is 18.8. The van der Waals surface area contributed by atoms with Crippen LogP contribution < -0.4 is 11.2 Å². The highest BCUT2D eigenvalue weighted by Crippen LogP contribution is 2.20. The molecule has 0 aliphatic heterocycles. The summed E-state index contributed by atoms with van der Waals surface area (Å²) in [6, 6.07) is 9.15. The first-order valence-electron chi connectivity index (χ1n) is 10.6. The van der Waals surface area contributed by atoms with Crippen molar-refractivity contribution in [3.63, 3.8) is 0 Å². The van der Waals surface area contributed by atoms with E-state index in [1.165, 1.54) is 12.3 Å². The molecule has 0 spiro atoms. The van der Waals surface area contributed by atoms with E-state index in [1.807, 2.05) is 37.5 Å². The molecule has 0 bridgehead atoms. The number of aryl methyl sites for hydroxylation is 1. The standard InChI is InChI=1S/C24H25N7O2/c1-15(2)9-20-19(23(25)33)13-26-24(28-20)17-6-4-5-16(10-17)11-21-22(32)7-8-31(29-21)18-12-27-30(3)14-18/h4-8,10,12-15H,9,11H2,1-3H3,(H2,25,33). The van der Waals surface area contributed by atoms with Gasteiger partial charge in [0.25, 0.3) is 5.91 Å². The fraction of sp³-hybridized carbons (Fsp3) is 0.250. The number of carbonyl (C=O) groups is 1. The van der Waals surface area contributed by atoms with Crippen molar-refractivity contribution >= 4 is 5.91 Å². The molecule has 9 nitrogen and oxygen atoms in total. The first-order chi connectivity index (χ1) is 15.8. The van der Waals surface area contributed by atoms with Crippen LogP contribution in [-0.4, -0.2) is 35.4 Å². The minimum atomic E-state index is -0.536. The molecular formula is C24H25N7O2. The van der Waals surface area contributed by atoms with Crippen molar-refractivity contribution < 1.29 is 4.79 Å². The van der Waals surface area contributed by atoms with Gasteiger partial charge in [-0.15, -0.1) is 0 Å². The van der Waals surface area contributed by atoms with E-state index in [0.29, 0.717) is 41.5 Å². The molecule has 0 aliphatic carbocycles. The molecular weight excluding hydrogens is 418 g/mol. The summed E-state index contributed by atoms with van der Waals surface area (Å²) in [6.45, 7) is 4.11. The van der Waals surface area contributed by atoms with Crippen LogP contribution >= 0.6 is 0 Å². The van der Waals surface area contributed by atoms with Crippen LogP contribution in [0.1, 0.15) is 41.2 Å². The van der Waals surface area contributed by atoms with E-state index < -0.39 is 5.91 Å². The van der Waals surface area contributed by atoms with Crippen LogP contribution in [0.15, 0.2) is 59.9 Å². The number of nitrogens with two attached hydrogens (primary N) is 1. The monoisotopic (exact) mass is 443 g/mol. The average Bonchev–Trinajstić information content (AvgIpc) is 3.21. The van der Waals surface area contributed by atoms with E-state index in [9.17, 15) is 9.59 Å². The van der Waals surface area contributed by atoms with Crippen molar-refractivity contribution in [2.75, 3.05) is 0 Å². The average molecular weight is 444 g/mol. The number of carbonyl (C=O) groups excluding carboxylic acids is 1. The Balaban J connectivity index is 1.65. The Morgan fingerprint density at radius 3 is 2.67 bits per heavy atom. The normalized spacial score (nSPS) is 11.2. The number of aromatic nitrogens is 6. The third-order valence-electron chi connectivity index (χ3n) is 5.13. The summed E-state index contributed by atoms with van der Waals surface area (Å²) in [7, 11) is 1.82. The summed E-state index contributed by atoms with van der Waals surface area (Å²) < 4.78 is 3.31. The van der Waals surface area contributed by atoms with Gasteiger partial charge in [0.05, 0.1) is 23.7 Å². The van der Waals surface area contributed by atoms with Crippen molar-refractivity contribution in [2.24, 2.45) is 18.7 Å². The lowest BCUT2D eigenvalue weighted by Crippen LogP contribution is -2.17. The third kappa shape index (κ3) is 5.03. The van der Waals surface area contributed by atoms with Gasteiger partial charge in [-0.25, -0.2) is 14.6 Å². The molecule has 4 rings (SSSR count). The topological polar surface area (TPSA) is 122 Å². The number of nitrogens with zero attached hydrogens (tertiary/aromatic N) is 6. The van der Waals surface area contributed by atoms with E-state index in [1.54, 1.807) is 21.8 Å². The first kappa shape index (κ1) is 22.1. The predicted octanol–water partition coefficient (Wildman–Crippen LogP) is 2.31. The second kappa shape index (κ2) is 9.15. The maximum absolute atomic E-state index is 12.5. The van der Waals surface area contributed by atoms with Gasteiger partial charge in [0.1, 0.15) is 11.4 Å². The van der Waals surface area contributed by atoms with Crippen LogP contribution in [0.3, 0.4) is 0 Å². The van der Waals surface area contributed by atoms with Crippen molar-refractivity contribution in [1.82, 2.24) is 29.5 Å². The second-order valence-electron chi connectivity index (χ2n) is 8.34. The number of benzene rings is 1. The van der Waals surface area contributed by atoms with Gasteiger partial charge < -0.3 is 5.73 Å². The Morgan fingerprint density at radius 1 is 1.15 bits per heavy atom. The molecule has 33 heavy (non-hydrogen) atoms. The van der Waals surface area contributed by atoms with Gasteiger partial charge >= 0.3 is 0 Å². The minimum Gasteiger partial charge on any atom is -0.365 e. The molecule has 3 heterocycles. The summed E-state index contributed by atoms with van der Waals surface area (Å²) in [5, 5.41) is 8.65. The molecule has 0 saturated carbocycles. The second-order valence-corrected chi connectivity index (χ2v) is 8.34. The van der Waals surface area contributed by atoms with Crippen molar-refractivity contribution in [3.8, 4) is 17.1 Å². The van der Waals surface area contributed by atoms with Crippen LogP contribution in [-0.2, 0) is 19.9 Å². The number of hydrogen-bond acceptors (Lipinski definition) is 6. The van der Waals surface area contributed by atoms with Crippen LogP contribution in [0.25, 0.3) is 17.1 Å². The molecule has 168 valence electrons. The maximum atomic E-state index is 12.5. The van der Waals surface area contributed by atoms with Gasteiger partial charge in [-0.3, -0.25) is 14.3 Å². The fourth-order valence-electron chi connectivity index (χ4n) is 3.56.